The molecular weight excluding hydrogens is 306 g/mol. The lowest BCUT2D eigenvalue weighted by Crippen LogP contribution is -2.30. The van der Waals surface area contributed by atoms with Crippen LogP contribution in [0.25, 0.3) is 5.65 Å². The Morgan fingerprint density at radius 2 is 2.00 bits per heavy atom. The van der Waals surface area contributed by atoms with Gasteiger partial charge >= 0.3 is 0 Å². The van der Waals surface area contributed by atoms with E-state index in [-0.39, 0.29) is 5.75 Å². The first-order valence-electron chi connectivity index (χ1n) is 6.90. The minimum atomic E-state index is -3.50. The van der Waals surface area contributed by atoms with Gasteiger partial charge in [0.25, 0.3) is 0 Å². The van der Waals surface area contributed by atoms with Gasteiger partial charge in [-0.25, -0.2) is 18.5 Å². The summed E-state index contributed by atoms with van der Waals surface area (Å²) >= 11 is 0. The third-order valence-corrected chi connectivity index (χ3v) is 4.38. The number of rotatable bonds is 6. The van der Waals surface area contributed by atoms with Crippen LogP contribution in [0.3, 0.4) is 0 Å². The van der Waals surface area contributed by atoms with E-state index in [1.54, 1.807) is 6.92 Å². The van der Waals surface area contributed by atoms with Crippen molar-refractivity contribution in [2.45, 2.75) is 34.1 Å². The number of nitrogens with zero attached hydrogens (tertiary/aromatic N) is 4. The van der Waals surface area contributed by atoms with Crippen LogP contribution in [0.1, 0.15) is 31.7 Å². The Kier molecular flexibility index (Phi) is 4.39. The molecule has 9 heteroatoms. The zero-order valence-electron chi connectivity index (χ0n) is 13.2. The molecule has 0 saturated carbocycles. The number of ether oxygens (including phenoxy) is 1. The Morgan fingerprint density at radius 1 is 1.32 bits per heavy atom. The van der Waals surface area contributed by atoms with Gasteiger partial charge in [0.1, 0.15) is 5.82 Å². The number of hydrogen-bond donors (Lipinski definition) is 1. The predicted octanol–water partition coefficient (Wildman–Crippen LogP) is 0.825. The normalized spacial score (nSPS) is 12.8. The highest BCUT2D eigenvalue weighted by Crippen LogP contribution is 2.23. The Morgan fingerprint density at radius 3 is 2.64 bits per heavy atom. The fraction of sp³-hybridized carbons (Fsp3) is 0.615. The fourth-order valence-corrected chi connectivity index (χ4v) is 3.42. The lowest BCUT2D eigenvalue weighted by Gasteiger charge is -2.23. The summed E-state index contributed by atoms with van der Waals surface area (Å²) in [5.41, 5.74) is 1.05. The standard InChI is InChI=1S/C13H21N5O3S/c1-9-7-11-15-10(2)16-18(11)17-12(9)21-6-5-13(3,4)8-22(14,19)20/h7H,5-6,8H2,1-4H3,(H2,14,19,20). The van der Waals surface area contributed by atoms with Crippen molar-refractivity contribution in [2.24, 2.45) is 10.6 Å². The molecule has 0 aliphatic heterocycles. The van der Waals surface area contributed by atoms with Gasteiger partial charge in [-0.15, -0.1) is 14.8 Å². The van der Waals surface area contributed by atoms with E-state index >= 15 is 0 Å². The molecule has 8 nitrogen and oxygen atoms in total. The van der Waals surface area contributed by atoms with Gasteiger partial charge in [0.05, 0.1) is 12.4 Å². The van der Waals surface area contributed by atoms with Crippen LogP contribution in [0, 0.1) is 19.3 Å². The number of sulfonamides is 1. The molecule has 0 amide bonds. The molecule has 0 saturated heterocycles. The number of aromatic nitrogens is 4. The van der Waals surface area contributed by atoms with Crippen LogP contribution in [-0.2, 0) is 10.0 Å². The van der Waals surface area contributed by atoms with E-state index in [1.165, 1.54) is 4.63 Å². The predicted molar refractivity (Wildman–Crippen MR) is 82.1 cm³/mol. The molecule has 0 aliphatic carbocycles. The van der Waals surface area contributed by atoms with Crippen LogP contribution in [0.5, 0.6) is 5.88 Å². The highest BCUT2D eigenvalue weighted by Gasteiger charge is 2.24. The SMILES string of the molecule is Cc1nc2cc(C)c(OCCC(C)(C)CS(N)(=O)=O)nn2n1. The van der Waals surface area contributed by atoms with Crippen molar-refractivity contribution in [1.29, 1.82) is 0 Å². The summed E-state index contributed by atoms with van der Waals surface area (Å²) in [5, 5.41) is 13.5. The second-order valence-corrected chi connectivity index (χ2v) is 7.82. The number of aryl methyl sites for hydroxylation is 2. The highest BCUT2D eigenvalue weighted by molar-refractivity contribution is 7.89. The van der Waals surface area contributed by atoms with E-state index in [9.17, 15) is 8.42 Å². The molecule has 2 rings (SSSR count). The third kappa shape index (κ3) is 4.38. The van der Waals surface area contributed by atoms with Crippen molar-refractivity contribution in [3.05, 3.63) is 17.5 Å². The first-order chi connectivity index (χ1) is 10.1. The van der Waals surface area contributed by atoms with Gasteiger partial charge in [-0.3, -0.25) is 0 Å². The van der Waals surface area contributed by atoms with Crippen molar-refractivity contribution < 1.29 is 13.2 Å². The van der Waals surface area contributed by atoms with E-state index in [2.05, 4.69) is 15.2 Å². The average Bonchev–Trinajstić information content (AvgIpc) is 2.65. The second kappa shape index (κ2) is 5.81. The molecule has 0 fully saturated rings. The summed E-state index contributed by atoms with van der Waals surface area (Å²) in [4.78, 5) is 4.23. The molecule has 2 aromatic heterocycles. The van der Waals surface area contributed by atoms with E-state index in [1.807, 2.05) is 26.8 Å². The van der Waals surface area contributed by atoms with Crippen molar-refractivity contribution >= 4 is 15.7 Å². The number of hydrogen-bond acceptors (Lipinski definition) is 6. The van der Waals surface area contributed by atoms with E-state index in [4.69, 9.17) is 9.88 Å². The smallest absolute Gasteiger partial charge is 0.236 e. The molecule has 22 heavy (non-hydrogen) atoms. The number of fused-ring (bicyclic) bond motifs is 1. The Labute approximate surface area is 129 Å². The first-order valence-corrected chi connectivity index (χ1v) is 8.62. The zero-order valence-corrected chi connectivity index (χ0v) is 14.0. The number of nitrogens with two attached hydrogens (primary N) is 1. The van der Waals surface area contributed by atoms with Crippen LogP contribution >= 0.6 is 0 Å². The van der Waals surface area contributed by atoms with Crippen LogP contribution in [-0.4, -0.2) is 40.6 Å². The summed E-state index contributed by atoms with van der Waals surface area (Å²) in [5.74, 6) is 1.01. The Bertz CT molecular complexity index is 782. The maximum Gasteiger partial charge on any atom is 0.236 e. The molecular formula is C13H21N5O3S. The molecule has 0 aliphatic rings. The van der Waals surface area contributed by atoms with E-state index in [0.717, 1.165) is 5.56 Å². The quantitative estimate of drug-likeness (QED) is 0.840. The summed E-state index contributed by atoms with van der Waals surface area (Å²) in [7, 11) is -3.50. The van der Waals surface area contributed by atoms with Crippen molar-refractivity contribution in [2.75, 3.05) is 12.4 Å². The molecule has 0 radical (unpaired) electrons. The van der Waals surface area contributed by atoms with Crippen LogP contribution in [0.15, 0.2) is 6.07 Å². The second-order valence-electron chi connectivity index (χ2n) is 6.21. The van der Waals surface area contributed by atoms with Crippen LogP contribution in [0.2, 0.25) is 0 Å². The highest BCUT2D eigenvalue weighted by atomic mass is 32.2. The maximum absolute atomic E-state index is 11.2. The topological polar surface area (TPSA) is 112 Å². The fourth-order valence-electron chi connectivity index (χ4n) is 2.19. The number of primary sulfonamides is 1. The first kappa shape index (κ1) is 16.6. The summed E-state index contributed by atoms with van der Waals surface area (Å²) in [6.45, 7) is 7.69. The largest absolute Gasteiger partial charge is 0.476 e. The lowest BCUT2D eigenvalue weighted by atomic mass is 9.92. The van der Waals surface area contributed by atoms with Crippen molar-refractivity contribution in [3.63, 3.8) is 0 Å². The Balaban J connectivity index is 2.04. The van der Waals surface area contributed by atoms with Gasteiger partial charge in [-0.05, 0) is 31.7 Å². The van der Waals surface area contributed by atoms with Gasteiger partial charge in [0, 0.05) is 5.56 Å². The van der Waals surface area contributed by atoms with E-state index < -0.39 is 15.4 Å². The van der Waals surface area contributed by atoms with Crippen molar-refractivity contribution in [1.82, 2.24) is 19.8 Å². The average molecular weight is 327 g/mol. The molecule has 0 atom stereocenters. The van der Waals surface area contributed by atoms with Gasteiger partial charge < -0.3 is 4.74 Å². The molecule has 0 unspecified atom stereocenters. The summed E-state index contributed by atoms with van der Waals surface area (Å²) < 4.78 is 29.5. The van der Waals surface area contributed by atoms with Crippen LogP contribution < -0.4 is 9.88 Å². The monoisotopic (exact) mass is 327 g/mol. The third-order valence-electron chi connectivity index (χ3n) is 3.20. The molecule has 2 aromatic rings. The minimum Gasteiger partial charge on any atom is -0.476 e. The van der Waals surface area contributed by atoms with Gasteiger partial charge in [0.2, 0.25) is 15.9 Å². The molecule has 0 spiro atoms. The van der Waals surface area contributed by atoms with Gasteiger partial charge in [-0.1, -0.05) is 13.8 Å². The summed E-state index contributed by atoms with van der Waals surface area (Å²) in [6, 6.07) is 1.85. The summed E-state index contributed by atoms with van der Waals surface area (Å²) in [6.07, 6.45) is 0.541. The lowest BCUT2D eigenvalue weighted by molar-refractivity contribution is 0.233. The zero-order chi connectivity index (χ0) is 16.5. The maximum atomic E-state index is 11.2. The van der Waals surface area contributed by atoms with Crippen molar-refractivity contribution in [3.8, 4) is 5.88 Å². The van der Waals surface area contributed by atoms with Gasteiger partial charge in [-0.2, -0.15) is 0 Å². The Hall–Kier alpha value is -1.74. The minimum absolute atomic E-state index is 0.0862. The molecule has 0 bridgehead atoms. The van der Waals surface area contributed by atoms with Crippen LogP contribution in [0.4, 0.5) is 0 Å². The molecule has 122 valence electrons. The van der Waals surface area contributed by atoms with Gasteiger partial charge in [0.15, 0.2) is 5.65 Å². The molecule has 0 aromatic carbocycles. The molecule has 2 heterocycles. The van der Waals surface area contributed by atoms with E-state index in [0.29, 0.717) is 30.4 Å². The molecule has 2 N–H and O–H groups in total.